The van der Waals surface area contributed by atoms with E-state index in [1.54, 1.807) is 23.5 Å². The molecule has 0 saturated heterocycles. The second-order valence-electron chi connectivity index (χ2n) is 9.14. The van der Waals surface area contributed by atoms with Gasteiger partial charge in [0.25, 0.3) is 5.91 Å². The number of carbonyl (C=O) groups is 2. The zero-order chi connectivity index (χ0) is 27.4. The van der Waals surface area contributed by atoms with Gasteiger partial charge in [-0.05, 0) is 79.7 Å². The molecule has 3 heterocycles. The molecule has 0 spiro atoms. The number of hydrogen-bond acceptors (Lipinski definition) is 7. The van der Waals surface area contributed by atoms with Gasteiger partial charge in [-0.25, -0.2) is 0 Å². The first-order valence-corrected chi connectivity index (χ1v) is 13.9. The van der Waals surface area contributed by atoms with Gasteiger partial charge in [0, 0.05) is 41.0 Å². The van der Waals surface area contributed by atoms with Crippen LogP contribution in [0, 0.1) is 6.92 Å². The second-order valence-corrected chi connectivity index (χ2v) is 9.92. The summed E-state index contributed by atoms with van der Waals surface area (Å²) in [6, 6.07) is 13.4. The van der Waals surface area contributed by atoms with Crippen molar-refractivity contribution in [1.29, 1.82) is 0 Å². The highest BCUT2D eigenvalue weighted by Crippen LogP contribution is 2.45. The Balaban J connectivity index is 1.35. The van der Waals surface area contributed by atoms with E-state index < -0.39 is 0 Å². The van der Waals surface area contributed by atoms with E-state index in [-0.39, 0.29) is 11.8 Å². The Labute approximate surface area is 231 Å². The number of nitrogens with one attached hydrogen (secondary N) is 1. The minimum Gasteiger partial charge on any atom is -0.492 e. The van der Waals surface area contributed by atoms with Gasteiger partial charge in [-0.15, -0.1) is 0 Å². The fraction of sp³-hybridized carbons (Fsp3) is 0.267. The zero-order valence-electron chi connectivity index (χ0n) is 22.2. The first-order chi connectivity index (χ1) is 19.0. The van der Waals surface area contributed by atoms with Gasteiger partial charge in [0.2, 0.25) is 5.91 Å². The summed E-state index contributed by atoms with van der Waals surface area (Å²) in [5.41, 5.74) is 5.80. The van der Waals surface area contributed by atoms with Gasteiger partial charge in [-0.3, -0.25) is 24.3 Å². The first kappa shape index (κ1) is 26.5. The van der Waals surface area contributed by atoms with Crippen LogP contribution in [0.25, 0.3) is 10.9 Å². The molecule has 0 bridgehead atoms. The number of nitrogens with zero attached hydrogens (tertiary/aromatic N) is 3. The Morgan fingerprint density at radius 2 is 1.79 bits per heavy atom. The van der Waals surface area contributed by atoms with E-state index in [1.807, 2.05) is 57.2 Å². The highest BCUT2D eigenvalue weighted by atomic mass is 32.2. The average Bonchev–Trinajstić information content (AvgIpc) is 3.27. The van der Waals surface area contributed by atoms with Crippen LogP contribution < -0.4 is 19.1 Å². The van der Waals surface area contributed by atoms with E-state index in [2.05, 4.69) is 20.8 Å². The monoisotopic (exact) mass is 542 g/mol. The Bertz CT molecular complexity index is 1530. The van der Waals surface area contributed by atoms with Crippen molar-refractivity contribution in [3.63, 3.8) is 0 Å². The van der Waals surface area contributed by atoms with Gasteiger partial charge in [-0.1, -0.05) is 12.1 Å². The van der Waals surface area contributed by atoms with E-state index in [4.69, 9.17) is 9.47 Å². The number of hydrogen-bond donors (Lipinski definition) is 1. The van der Waals surface area contributed by atoms with Crippen molar-refractivity contribution in [2.75, 3.05) is 18.1 Å². The molecule has 0 fully saturated rings. The molecule has 39 heavy (non-hydrogen) atoms. The molecule has 2 aromatic carbocycles. The standard InChI is InChI=1S/C30H30N4O4S/c1-4-37-28-22-7-6-12-32-27(22)29(38-5-2)23-17-34(30(36)26(23)28)24-9-8-21(15-19(24)3)18-39-33-25(35)16-20-10-13-31-14-11-20/h6-15H,4-5,16-18H2,1-3H3,(H,33,35). The molecular formula is C30H30N4O4S. The zero-order valence-corrected chi connectivity index (χ0v) is 23.0. The van der Waals surface area contributed by atoms with E-state index in [9.17, 15) is 9.59 Å². The average molecular weight is 543 g/mol. The molecule has 5 rings (SSSR count). The molecule has 2 amide bonds. The van der Waals surface area contributed by atoms with Crippen molar-refractivity contribution in [2.24, 2.45) is 0 Å². The van der Waals surface area contributed by atoms with Gasteiger partial charge in [-0.2, -0.15) is 0 Å². The molecule has 1 aliphatic heterocycles. The summed E-state index contributed by atoms with van der Waals surface area (Å²) >= 11 is 1.35. The molecule has 0 aliphatic carbocycles. The van der Waals surface area contributed by atoms with Crippen LogP contribution in [0.2, 0.25) is 0 Å². The quantitative estimate of drug-likeness (QED) is 0.268. The van der Waals surface area contributed by atoms with Crippen molar-refractivity contribution in [3.05, 3.63) is 88.9 Å². The highest BCUT2D eigenvalue weighted by molar-refractivity contribution is 7.97. The number of amides is 2. The van der Waals surface area contributed by atoms with Crippen LogP contribution >= 0.6 is 11.9 Å². The van der Waals surface area contributed by atoms with Crippen LogP contribution in [0.1, 0.15) is 46.5 Å². The molecule has 8 nitrogen and oxygen atoms in total. The summed E-state index contributed by atoms with van der Waals surface area (Å²) in [4.78, 5) is 36.4. The molecule has 0 unspecified atom stereocenters. The minimum absolute atomic E-state index is 0.0583. The molecule has 200 valence electrons. The molecule has 2 aromatic heterocycles. The van der Waals surface area contributed by atoms with E-state index in [0.717, 1.165) is 33.3 Å². The Morgan fingerprint density at radius 3 is 2.54 bits per heavy atom. The molecule has 4 aromatic rings. The van der Waals surface area contributed by atoms with Crippen molar-refractivity contribution in [1.82, 2.24) is 14.7 Å². The fourth-order valence-electron chi connectivity index (χ4n) is 4.86. The number of pyridine rings is 2. The van der Waals surface area contributed by atoms with Gasteiger partial charge >= 0.3 is 0 Å². The SMILES string of the molecule is CCOc1c2c(c(OCC)c3ncccc13)CN(c1ccc(CSNC(=O)Cc3ccncc3)cc1C)C2=O. The van der Waals surface area contributed by atoms with Crippen molar-refractivity contribution < 1.29 is 19.1 Å². The summed E-state index contributed by atoms with van der Waals surface area (Å²) in [6.07, 6.45) is 5.39. The lowest BCUT2D eigenvalue weighted by Crippen LogP contribution is -2.24. The van der Waals surface area contributed by atoms with Gasteiger partial charge in [0.1, 0.15) is 11.3 Å². The summed E-state index contributed by atoms with van der Waals surface area (Å²) in [7, 11) is 0. The lowest BCUT2D eigenvalue weighted by Gasteiger charge is -2.19. The first-order valence-electron chi connectivity index (χ1n) is 12.9. The topological polar surface area (TPSA) is 93.7 Å². The fourth-order valence-corrected chi connectivity index (χ4v) is 5.51. The van der Waals surface area contributed by atoms with Gasteiger partial charge < -0.3 is 14.4 Å². The van der Waals surface area contributed by atoms with Crippen LogP contribution in [0.4, 0.5) is 5.69 Å². The van der Waals surface area contributed by atoms with E-state index in [0.29, 0.717) is 54.5 Å². The highest BCUT2D eigenvalue weighted by Gasteiger charge is 2.37. The minimum atomic E-state index is -0.117. The van der Waals surface area contributed by atoms with Crippen molar-refractivity contribution >= 4 is 40.4 Å². The van der Waals surface area contributed by atoms with Crippen LogP contribution in [0.5, 0.6) is 11.5 Å². The lowest BCUT2D eigenvalue weighted by atomic mass is 10.0. The molecular weight excluding hydrogens is 512 g/mol. The van der Waals surface area contributed by atoms with Gasteiger partial charge in [0.05, 0.1) is 31.7 Å². The smallest absolute Gasteiger partial charge is 0.262 e. The number of benzene rings is 2. The summed E-state index contributed by atoms with van der Waals surface area (Å²) in [5, 5.41) is 0.770. The third-order valence-corrected chi connectivity index (χ3v) is 7.36. The second kappa shape index (κ2) is 11.7. The van der Waals surface area contributed by atoms with Crippen LogP contribution in [-0.2, 0) is 23.5 Å². The maximum Gasteiger partial charge on any atom is 0.262 e. The largest absolute Gasteiger partial charge is 0.492 e. The van der Waals surface area contributed by atoms with E-state index >= 15 is 0 Å². The third kappa shape index (κ3) is 5.40. The van der Waals surface area contributed by atoms with Crippen LogP contribution in [-0.4, -0.2) is 35.0 Å². The number of carbonyl (C=O) groups excluding carboxylic acids is 2. The molecule has 0 atom stereocenters. The molecule has 0 saturated carbocycles. The summed E-state index contributed by atoms with van der Waals surface area (Å²) in [6.45, 7) is 7.09. The number of aryl methyl sites for hydroxylation is 1. The van der Waals surface area contributed by atoms with Crippen LogP contribution in [0.3, 0.4) is 0 Å². The predicted octanol–water partition coefficient (Wildman–Crippen LogP) is 5.40. The Morgan fingerprint density at radius 1 is 1.03 bits per heavy atom. The number of anilines is 1. The maximum atomic E-state index is 13.8. The molecule has 1 N–H and O–H groups in total. The number of rotatable bonds is 10. The number of aromatic nitrogens is 2. The van der Waals surface area contributed by atoms with Crippen molar-refractivity contribution in [2.45, 2.75) is 39.5 Å². The Kier molecular flexibility index (Phi) is 7.97. The normalized spacial score (nSPS) is 12.5. The molecule has 9 heteroatoms. The number of ether oxygens (including phenoxy) is 2. The summed E-state index contributed by atoms with van der Waals surface area (Å²) < 4.78 is 15.0. The molecule has 1 aliphatic rings. The molecule has 0 radical (unpaired) electrons. The third-order valence-electron chi connectivity index (χ3n) is 6.51. The maximum absolute atomic E-state index is 13.8. The summed E-state index contributed by atoms with van der Waals surface area (Å²) in [5.74, 6) is 1.62. The van der Waals surface area contributed by atoms with E-state index in [1.165, 1.54) is 11.9 Å². The van der Waals surface area contributed by atoms with Gasteiger partial charge in [0.15, 0.2) is 5.75 Å². The number of fused-ring (bicyclic) bond motifs is 2. The van der Waals surface area contributed by atoms with Crippen molar-refractivity contribution in [3.8, 4) is 11.5 Å². The Hall–Kier alpha value is -4.11. The predicted molar refractivity (Wildman–Crippen MR) is 153 cm³/mol. The van der Waals surface area contributed by atoms with Crippen LogP contribution in [0.15, 0.2) is 61.1 Å². The lowest BCUT2D eigenvalue weighted by molar-refractivity contribution is -0.118.